The summed E-state index contributed by atoms with van der Waals surface area (Å²) in [6.45, 7) is 11.1. The van der Waals surface area contributed by atoms with Crippen LogP contribution < -0.4 is 4.57 Å². The third kappa shape index (κ3) is 3.80. The fourth-order valence-electron chi connectivity index (χ4n) is 6.10. The second kappa shape index (κ2) is 9.09. The Morgan fingerprint density at radius 2 is 1.58 bits per heavy atom. The molecule has 38 heavy (non-hydrogen) atoms. The molecule has 6 rings (SSSR count). The van der Waals surface area contributed by atoms with E-state index in [1.54, 1.807) is 12.1 Å². The van der Waals surface area contributed by atoms with Crippen molar-refractivity contribution in [3.63, 3.8) is 0 Å². The van der Waals surface area contributed by atoms with E-state index in [2.05, 4.69) is 99.3 Å². The van der Waals surface area contributed by atoms with Crippen LogP contribution in [0.5, 0.6) is 0 Å². The molecule has 0 saturated carbocycles. The van der Waals surface area contributed by atoms with Gasteiger partial charge in [0.25, 0.3) is 0 Å². The first-order valence-electron chi connectivity index (χ1n) is 13.5. The van der Waals surface area contributed by atoms with Crippen LogP contribution in [0.25, 0.3) is 49.7 Å². The molecule has 0 unspecified atom stereocenters. The maximum atomic E-state index is 15.4. The number of aromatic nitrogens is 2. The quantitative estimate of drug-likeness (QED) is 0.214. The Hall–Kier alpha value is -3.98. The fourth-order valence-corrected chi connectivity index (χ4v) is 6.10. The van der Waals surface area contributed by atoms with Crippen molar-refractivity contribution in [1.29, 1.82) is 0 Å². The summed E-state index contributed by atoms with van der Waals surface area (Å²) < 4.78 is 19.7. The summed E-state index contributed by atoms with van der Waals surface area (Å²) in [6, 6.07) is 27.1. The van der Waals surface area contributed by atoms with E-state index in [9.17, 15) is 0 Å². The molecule has 190 valence electrons. The van der Waals surface area contributed by atoms with Crippen molar-refractivity contribution in [2.45, 2.75) is 41.0 Å². The Morgan fingerprint density at radius 1 is 0.816 bits per heavy atom. The normalized spacial score (nSPS) is 11.9. The van der Waals surface area contributed by atoms with E-state index in [1.807, 2.05) is 18.2 Å². The highest BCUT2D eigenvalue weighted by Gasteiger charge is 2.23. The highest BCUT2D eigenvalue weighted by molar-refractivity contribution is 6.09. The van der Waals surface area contributed by atoms with Crippen LogP contribution in [0.4, 0.5) is 4.39 Å². The third-order valence-corrected chi connectivity index (χ3v) is 7.98. The molecular formula is C35H34FN2+. The summed E-state index contributed by atoms with van der Waals surface area (Å²) in [4.78, 5) is 0. The van der Waals surface area contributed by atoms with Gasteiger partial charge in [-0.25, -0.2) is 4.39 Å². The lowest BCUT2D eigenvalue weighted by Gasteiger charge is -2.15. The monoisotopic (exact) mass is 501 g/mol. The topological polar surface area (TPSA) is 8.81 Å². The Morgan fingerprint density at radius 3 is 2.37 bits per heavy atom. The standard InChI is InChI=1S/C35H34FN2/c1-21(2)16-25-19-33(30-18-22(3)17-23(4)24(30)5)37(6)34-20-26(14-15-27(25)34)38-32-13-8-7-10-28(32)29-11-9-12-31(36)35(29)38/h7-15,17-21H,16H2,1-6H3/q+1. The van der Waals surface area contributed by atoms with Crippen LogP contribution in [0, 0.1) is 32.5 Å². The molecule has 0 fully saturated rings. The first-order chi connectivity index (χ1) is 18.2. The van der Waals surface area contributed by atoms with Crippen LogP contribution >= 0.6 is 0 Å². The van der Waals surface area contributed by atoms with Crippen molar-refractivity contribution in [3.05, 3.63) is 107 Å². The third-order valence-electron chi connectivity index (χ3n) is 7.98. The number of benzene rings is 4. The Bertz CT molecular complexity index is 1870. The van der Waals surface area contributed by atoms with Gasteiger partial charge in [0.1, 0.15) is 12.9 Å². The molecule has 0 aliphatic carbocycles. The minimum atomic E-state index is -0.205. The second-order valence-electron chi connectivity index (χ2n) is 11.2. The molecule has 0 aliphatic rings. The molecule has 4 aromatic carbocycles. The number of hydrogen-bond acceptors (Lipinski definition) is 0. The van der Waals surface area contributed by atoms with E-state index in [0.717, 1.165) is 33.9 Å². The Labute approximate surface area is 224 Å². The van der Waals surface area contributed by atoms with Crippen molar-refractivity contribution < 1.29 is 8.96 Å². The molecule has 2 aromatic heterocycles. The highest BCUT2D eigenvalue weighted by atomic mass is 19.1. The van der Waals surface area contributed by atoms with Gasteiger partial charge in [-0.05, 0) is 80.1 Å². The van der Waals surface area contributed by atoms with Crippen LogP contribution in [-0.2, 0) is 13.5 Å². The summed E-state index contributed by atoms with van der Waals surface area (Å²) in [6.07, 6.45) is 0.998. The largest absolute Gasteiger partial charge is 0.306 e. The highest BCUT2D eigenvalue weighted by Crippen LogP contribution is 2.35. The van der Waals surface area contributed by atoms with Gasteiger partial charge in [0.15, 0.2) is 0 Å². The zero-order valence-electron chi connectivity index (χ0n) is 23.1. The number of aryl methyl sites for hydroxylation is 3. The number of hydrogen-bond donors (Lipinski definition) is 0. The van der Waals surface area contributed by atoms with Crippen LogP contribution in [-0.4, -0.2) is 4.57 Å². The van der Waals surface area contributed by atoms with Gasteiger partial charge in [-0.3, -0.25) is 0 Å². The maximum Gasteiger partial charge on any atom is 0.215 e. The van der Waals surface area contributed by atoms with E-state index >= 15 is 4.39 Å². The van der Waals surface area contributed by atoms with Gasteiger partial charge < -0.3 is 4.57 Å². The molecule has 0 bridgehead atoms. The number of pyridine rings is 1. The molecule has 0 atom stereocenters. The summed E-state index contributed by atoms with van der Waals surface area (Å²) in [7, 11) is 2.16. The van der Waals surface area contributed by atoms with E-state index in [1.165, 1.54) is 38.9 Å². The molecule has 0 saturated heterocycles. The fraction of sp³-hybridized carbons (Fsp3) is 0.229. The minimum absolute atomic E-state index is 0.205. The van der Waals surface area contributed by atoms with E-state index in [-0.39, 0.29) is 5.82 Å². The smallest absolute Gasteiger partial charge is 0.215 e. The zero-order chi connectivity index (χ0) is 26.7. The summed E-state index contributed by atoms with van der Waals surface area (Å²) >= 11 is 0. The first-order valence-corrected chi connectivity index (χ1v) is 13.5. The van der Waals surface area contributed by atoms with Gasteiger partial charge >= 0.3 is 0 Å². The van der Waals surface area contributed by atoms with Gasteiger partial charge in [-0.2, -0.15) is 4.57 Å². The van der Waals surface area contributed by atoms with Crippen molar-refractivity contribution in [1.82, 2.24) is 4.57 Å². The SMILES string of the molecule is Cc1cc(C)c(C)c(-c2cc(CC(C)C)c3ccc(-n4c5ccccc5c5cccc(F)c54)cc3[n+]2C)c1. The predicted octanol–water partition coefficient (Wildman–Crippen LogP) is 8.69. The van der Waals surface area contributed by atoms with E-state index in [4.69, 9.17) is 0 Å². The molecule has 0 aliphatic heterocycles. The molecule has 2 nitrogen and oxygen atoms in total. The van der Waals surface area contributed by atoms with Crippen LogP contribution in [0.15, 0.2) is 78.9 Å². The number of halogens is 1. The maximum absolute atomic E-state index is 15.4. The van der Waals surface area contributed by atoms with Crippen LogP contribution in [0.2, 0.25) is 0 Å². The summed E-state index contributed by atoms with van der Waals surface area (Å²) in [5.41, 5.74) is 11.5. The average molecular weight is 502 g/mol. The summed E-state index contributed by atoms with van der Waals surface area (Å²) in [5.74, 6) is 0.327. The van der Waals surface area contributed by atoms with Crippen molar-refractivity contribution in [2.75, 3.05) is 0 Å². The molecular weight excluding hydrogens is 467 g/mol. The van der Waals surface area contributed by atoms with Crippen molar-refractivity contribution in [2.24, 2.45) is 13.0 Å². The Balaban J connectivity index is 1.70. The molecule has 0 radical (unpaired) electrons. The minimum Gasteiger partial charge on any atom is -0.306 e. The van der Waals surface area contributed by atoms with Crippen LogP contribution in [0.1, 0.15) is 36.1 Å². The lowest BCUT2D eigenvalue weighted by atomic mass is 9.93. The molecule has 0 amide bonds. The average Bonchev–Trinajstić information content (AvgIpc) is 3.23. The first kappa shape index (κ1) is 24.4. The summed E-state index contributed by atoms with van der Waals surface area (Å²) in [5, 5.41) is 3.24. The Kier molecular flexibility index (Phi) is 5.83. The molecule has 0 spiro atoms. The molecule has 2 heterocycles. The lowest BCUT2D eigenvalue weighted by Crippen LogP contribution is -2.33. The number of rotatable bonds is 4. The van der Waals surface area contributed by atoms with Crippen LogP contribution in [0.3, 0.4) is 0 Å². The predicted molar refractivity (Wildman–Crippen MR) is 158 cm³/mol. The number of para-hydroxylation sites is 2. The van der Waals surface area contributed by atoms with Gasteiger partial charge in [0, 0.05) is 33.9 Å². The van der Waals surface area contributed by atoms with Gasteiger partial charge in [0.2, 0.25) is 11.2 Å². The van der Waals surface area contributed by atoms with Crippen molar-refractivity contribution >= 4 is 32.7 Å². The van der Waals surface area contributed by atoms with Gasteiger partial charge in [-0.15, -0.1) is 0 Å². The number of nitrogens with zero attached hydrogens (tertiary/aromatic N) is 2. The molecule has 0 N–H and O–H groups in total. The second-order valence-corrected chi connectivity index (χ2v) is 11.2. The molecule has 6 aromatic rings. The van der Waals surface area contributed by atoms with E-state index < -0.39 is 0 Å². The van der Waals surface area contributed by atoms with E-state index in [0.29, 0.717) is 11.4 Å². The lowest BCUT2D eigenvalue weighted by molar-refractivity contribution is -0.633. The number of fused-ring (bicyclic) bond motifs is 4. The zero-order valence-corrected chi connectivity index (χ0v) is 23.1. The molecule has 3 heteroatoms. The van der Waals surface area contributed by atoms with Crippen molar-refractivity contribution in [3.8, 4) is 16.9 Å². The van der Waals surface area contributed by atoms with Gasteiger partial charge in [0.05, 0.1) is 16.7 Å². The van der Waals surface area contributed by atoms with Gasteiger partial charge in [-0.1, -0.05) is 55.8 Å².